The van der Waals surface area contributed by atoms with Crippen molar-refractivity contribution >= 4 is 5.69 Å². The number of rotatable bonds is 6. The molecule has 2 aromatic carbocycles. The van der Waals surface area contributed by atoms with Gasteiger partial charge in [0.2, 0.25) is 0 Å². The van der Waals surface area contributed by atoms with E-state index >= 15 is 0 Å². The molecule has 0 saturated carbocycles. The maximum atomic E-state index is 5.30. The lowest BCUT2D eigenvalue weighted by Crippen LogP contribution is -2.07. The molecule has 2 aromatic rings. The van der Waals surface area contributed by atoms with Gasteiger partial charge >= 0.3 is 0 Å². The number of benzene rings is 2. The Balaban J connectivity index is 2.06. The molecule has 0 spiro atoms. The van der Waals surface area contributed by atoms with Crippen LogP contribution in [-0.4, -0.2) is 7.11 Å². The predicted octanol–water partition coefficient (Wildman–Crippen LogP) is 5.13. The van der Waals surface area contributed by atoms with Crippen LogP contribution in [0.3, 0.4) is 0 Å². The molecule has 0 amide bonds. The molecule has 0 heterocycles. The Bertz CT molecular complexity index is 575. The lowest BCUT2D eigenvalue weighted by atomic mass is 10.0. The highest BCUT2D eigenvalue weighted by molar-refractivity contribution is 5.52. The Labute approximate surface area is 128 Å². The van der Waals surface area contributed by atoms with Crippen molar-refractivity contribution in [1.82, 2.24) is 0 Å². The third kappa shape index (κ3) is 4.01. The summed E-state index contributed by atoms with van der Waals surface area (Å²) < 4.78 is 5.30. The number of nitrogens with one attached hydrogen (secondary N) is 1. The average molecular weight is 283 g/mol. The summed E-state index contributed by atoms with van der Waals surface area (Å²) in [6.45, 7) is 6.46. The third-order valence-electron chi connectivity index (χ3n) is 3.80. The Kier molecular flexibility index (Phi) is 5.26. The lowest BCUT2D eigenvalue weighted by Gasteiger charge is -2.17. The van der Waals surface area contributed by atoms with Crippen LogP contribution in [0, 0.1) is 6.92 Å². The smallest absolute Gasteiger partial charge is 0.121 e. The van der Waals surface area contributed by atoms with E-state index in [1.807, 2.05) is 6.07 Å². The zero-order valence-electron chi connectivity index (χ0n) is 13.4. The molecule has 1 atom stereocenters. The fourth-order valence-electron chi connectivity index (χ4n) is 2.56. The zero-order valence-corrected chi connectivity index (χ0v) is 13.4. The molecule has 1 unspecified atom stereocenters. The molecule has 21 heavy (non-hydrogen) atoms. The summed E-state index contributed by atoms with van der Waals surface area (Å²) in [6.07, 6.45) is 2.35. The molecular weight excluding hydrogens is 258 g/mol. The molecule has 0 saturated heterocycles. The summed E-state index contributed by atoms with van der Waals surface area (Å²) in [5.41, 5.74) is 4.99. The van der Waals surface area contributed by atoms with E-state index in [1.54, 1.807) is 7.11 Å². The van der Waals surface area contributed by atoms with Crippen molar-refractivity contribution in [2.75, 3.05) is 12.4 Å². The molecule has 112 valence electrons. The molecule has 0 bridgehead atoms. The van der Waals surface area contributed by atoms with Crippen molar-refractivity contribution in [3.63, 3.8) is 0 Å². The summed E-state index contributed by atoms with van der Waals surface area (Å²) in [4.78, 5) is 0. The largest absolute Gasteiger partial charge is 0.496 e. The van der Waals surface area contributed by atoms with Crippen molar-refractivity contribution in [2.45, 2.75) is 39.7 Å². The molecule has 0 fully saturated rings. The minimum atomic E-state index is 0.286. The predicted molar refractivity (Wildman–Crippen MR) is 90.2 cm³/mol. The highest BCUT2D eigenvalue weighted by Crippen LogP contribution is 2.25. The van der Waals surface area contributed by atoms with Gasteiger partial charge in [0.05, 0.1) is 7.11 Å². The maximum Gasteiger partial charge on any atom is 0.121 e. The van der Waals surface area contributed by atoms with Crippen LogP contribution in [0.4, 0.5) is 5.69 Å². The molecule has 0 aliphatic heterocycles. The first kappa shape index (κ1) is 15.4. The van der Waals surface area contributed by atoms with Crippen LogP contribution < -0.4 is 10.1 Å². The fourth-order valence-corrected chi connectivity index (χ4v) is 2.56. The number of hydrogen-bond acceptors (Lipinski definition) is 2. The van der Waals surface area contributed by atoms with Crippen molar-refractivity contribution in [1.29, 1.82) is 0 Å². The molecule has 0 aromatic heterocycles. The van der Waals surface area contributed by atoms with Gasteiger partial charge in [-0.1, -0.05) is 37.6 Å². The molecule has 2 rings (SSSR count). The van der Waals surface area contributed by atoms with E-state index in [0.717, 1.165) is 23.4 Å². The van der Waals surface area contributed by atoms with Gasteiger partial charge in [-0.25, -0.2) is 0 Å². The third-order valence-corrected chi connectivity index (χ3v) is 3.80. The number of methoxy groups -OCH3 is 1. The first-order valence-corrected chi connectivity index (χ1v) is 7.64. The summed E-state index contributed by atoms with van der Waals surface area (Å²) in [5.74, 6) is 0.928. The Hall–Kier alpha value is -1.96. The van der Waals surface area contributed by atoms with Crippen LogP contribution in [0.5, 0.6) is 5.75 Å². The van der Waals surface area contributed by atoms with Gasteiger partial charge in [0.15, 0.2) is 0 Å². The topological polar surface area (TPSA) is 21.3 Å². The fraction of sp³-hybridized carbons (Fsp3) is 0.368. The number of ether oxygens (including phenoxy) is 1. The second-order valence-electron chi connectivity index (χ2n) is 5.54. The van der Waals surface area contributed by atoms with E-state index in [0.29, 0.717) is 0 Å². The normalized spacial score (nSPS) is 12.0. The van der Waals surface area contributed by atoms with Gasteiger partial charge in [0.25, 0.3) is 0 Å². The molecule has 1 N–H and O–H groups in total. The summed E-state index contributed by atoms with van der Waals surface area (Å²) >= 11 is 0. The van der Waals surface area contributed by atoms with Crippen molar-refractivity contribution in [2.24, 2.45) is 0 Å². The minimum Gasteiger partial charge on any atom is -0.496 e. The number of anilines is 1. The van der Waals surface area contributed by atoms with E-state index in [-0.39, 0.29) is 6.04 Å². The maximum absolute atomic E-state index is 5.30. The SMILES string of the molecule is CCCc1ccc(C(C)Nc2ccc(OC)c(C)c2)cc1. The van der Waals surface area contributed by atoms with Gasteiger partial charge in [-0.05, 0) is 55.2 Å². The van der Waals surface area contributed by atoms with E-state index < -0.39 is 0 Å². The highest BCUT2D eigenvalue weighted by atomic mass is 16.5. The first-order valence-electron chi connectivity index (χ1n) is 7.64. The van der Waals surface area contributed by atoms with Crippen molar-refractivity contribution < 1.29 is 4.74 Å². The molecule has 0 aliphatic carbocycles. The first-order chi connectivity index (χ1) is 10.1. The minimum absolute atomic E-state index is 0.286. The summed E-state index contributed by atoms with van der Waals surface area (Å²) in [5, 5.41) is 3.55. The van der Waals surface area contributed by atoms with Gasteiger partial charge in [-0.15, -0.1) is 0 Å². The van der Waals surface area contributed by atoms with Crippen LogP contribution >= 0.6 is 0 Å². The summed E-state index contributed by atoms with van der Waals surface area (Å²) in [7, 11) is 1.70. The summed E-state index contributed by atoms with van der Waals surface area (Å²) in [6, 6.07) is 15.4. The molecule has 2 heteroatoms. The quantitative estimate of drug-likeness (QED) is 0.793. The second kappa shape index (κ2) is 7.16. The van der Waals surface area contributed by atoms with Crippen molar-refractivity contribution in [3.05, 3.63) is 59.2 Å². The van der Waals surface area contributed by atoms with Crippen LogP contribution in [0.15, 0.2) is 42.5 Å². The van der Waals surface area contributed by atoms with E-state index in [2.05, 4.69) is 62.5 Å². The van der Waals surface area contributed by atoms with E-state index in [4.69, 9.17) is 4.74 Å². The van der Waals surface area contributed by atoms with Gasteiger partial charge in [-0.3, -0.25) is 0 Å². The highest BCUT2D eigenvalue weighted by Gasteiger charge is 2.06. The van der Waals surface area contributed by atoms with Gasteiger partial charge in [0, 0.05) is 11.7 Å². The van der Waals surface area contributed by atoms with E-state index in [1.165, 1.54) is 17.5 Å². The Morgan fingerprint density at radius 1 is 1.10 bits per heavy atom. The number of aryl methyl sites for hydroxylation is 2. The van der Waals surface area contributed by atoms with Gasteiger partial charge in [-0.2, -0.15) is 0 Å². The average Bonchev–Trinajstić information content (AvgIpc) is 2.48. The Morgan fingerprint density at radius 2 is 1.81 bits per heavy atom. The van der Waals surface area contributed by atoms with Crippen LogP contribution in [-0.2, 0) is 6.42 Å². The van der Waals surface area contributed by atoms with Crippen LogP contribution in [0.2, 0.25) is 0 Å². The molecular formula is C19H25NO. The molecule has 2 nitrogen and oxygen atoms in total. The zero-order chi connectivity index (χ0) is 15.2. The Morgan fingerprint density at radius 3 is 2.38 bits per heavy atom. The lowest BCUT2D eigenvalue weighted by molar-refractivity contribution is 0.412. The van der Waals surface area contributed by atoms with E-state index in [9.17, 15) is 0 Å². The van der Waals surface area contributed by atoms with Gasteiger partial charge < -0.3 is 10.1 Å². The van der Waals surface area contributed by atoms with Crippen LogP contribution in [0.1, 0.15) is 43.0 Å². The monoisotopic (exact) mass is 283 g/mol. The molecule has 0 aliphatic rings. The second-order valence-corrected chi connectivity index (χ2v) is 5.54. The molecule has 0 radical (unpaired) electrons. The van der Waals surface area contributed by atoms with Crippen molar-refractivity contribution in [3.8, 4) is 5.75 Å². The standard InChI is InChI=1S/C19H25NO/c1-5-6-16-7-9-17(10-8-16)15(3)20-18-11-12-19(21-4)14(2)13-18/h7-13,15,20H,5-6H2,1-4H3. The van der Waals surface area contributed by atoms with Gasteiger partial charge in [0.1, 0.15) is 5.75 Å². The van der Waals surface area contributed by atoms with Crippen LogP contribution in [0.25, 0.3) is 0 Å². The number of hydrogen-bond donors (Lipinski definition) is 1.